The molecule has 0 saturated carbocycles. The minimum Gasteiger partial charge on any atom is -0.206 e. The van der Waals surface area contributed by atoms with Crippen molar-refractivity contribution in [2.75, 3.05) is 0 Å². The second kappa shape index (κ2) is 13.3. The van der Waals surface area contributed by atoms with Crippen molar-refractivity contribution in [2.24, 2.45) is 10.2 Å². The molecule has 0 aliphatic carbocycles. The molecule has 2 nitrogen and oxygen atoms in total. The van der Waals surface area contributed by atoms with Crippen molar-refractivity contribution in [3.05, 3.63) is 107 Å². The van der Waals surface area contributed by atoms with E-state index in [4.69, 9.17) is 0 Å². The number of hydrogen-bond donors (Lipinski definition) is 0. The number of allylic oxidation sites excluding steroid dienone is 1. The van der Waals surface area contributed by atoms with Crippen molar-refractivity contribution in [3.8, 4) is 11.1 Å². The minimum atomic E-state index is -0.255. The topological polar surface area (TPSA) is 24.7 Å². The van der Waals surface area contributed by atoms with E-state index < -0.39 is 0 Å². The Morgan fingerprint density at radius 2 is 1.64 bits per heavy atom. The lowest BCUT2D eigenvalue weighted by Crippen LogP contribution is -1.93. The smallest absolute Gasteiger partial charge is 0.131 e. The molecule has 33 heavy (non-hydrogen) atoms. The fourth-order valence-corrected chi connectivity index (χ4v) is 3.80. The molecule has 3 rings (SSSR count). The number of rotatable bonds is 12. The van der Waals surface area contributed by atoms with Crippen LogP contribution in [0, 0.1) is 5.82 Å². The van der Waals surface area contributed by atoms with E-state index in [1.54, 1.807) is 18.5 Å². The Bertz CT molecular complexity index is 1080. The van der Waals surface area contributed by atoms with Crippen LogP contribution >= 0.6 is 0 Å². The highest BCUT2D eigenvalue weighted by Crippen LogP contribution is 2.24. The van der Waals surface area contributed by atoms with E-state index in [1.807, 2.05) is 42.5 Å². The maximum Gasteiger partial charge on any atom is 0.131 e. The quantitative estimate of drug-likeness (QED) is 0.117. The van der Waals surface area contributed by atoms with Gasteiger partial charge in [-0.3, -0.25) is 0 Å². The Balaban J connectivity index is 1.63. The standard InChI is InChI=1S/C30H33FN2/c1-3-5-7-11-24-15-18-27(19-16-24)29-20-17-25(21-30(29)31)22-32-33-23-28-14-10-9-13-26(28)12-8-6-4-2/h4,9-10,13-23H,2-3,5-8,11-12H2,1H3. The monoisotopic (exact) mass is 440 g/mol. The number of hydrogen-bond acceptors (Lipinski definition) is 2. The molecule has 0 amide bonds. The Kier molecular flexibility index (Phi) is 9.78. The van der Waals surface area contributed by atoms with Crippen molar-refractivity contribution in [1.29, 1.82) is 0 Å². The number of aryl methyl sites for hydroxylation is 2. The summed E-state index contributed by atoms with van der Waals surface area (Å²) in [6.07, 6.45) is 13.0. The van der Waals surface area contributed by atoms with Crippen LogP contribution in [0.2, 0.25) is 0 Å². The maximum absolute atomic E-state index is 14.8. The van der Waals surface area contributed by atoms with Crippen LogP contribution in [-0.4, -0.2) is 12.4 Å². The van der Waals surface area contributed by atoms with Crippen LogP contribution in [0.15, 0.2) is 89.6 Å². The molecule has 0 unspecified atom stereocenters. The average Bonchev–Trinajstić information content (AvgIpc) is 2.84. The van der Waals surface area contributed by atoms with Gasteiger partial charge in [0.15, 0.2) is 0 Å². The first kappa shape index (κ1) is 24.3. The van der Waals surface area contributed by atoms with Gasteiger partial charge in [0.05, 0.1) is 12.4 Å². The van der Waals surface area contributed by atoms with Gasteiger partial charge in [-0.2, -0.15) is 10.2 Å². The third kappa shape index (κ3) is 7.64. The van der Waals surface area contributed by atoms with Gasteiger partial charge in [-0.05, 0) is 66.0 Å². The van der Waals surface area contributed by atoms with Crippen LogP contribution in [0.25, 0.3) is 11.1 Å². The maximum atomic E-state index is 14.8. The number of unbranched alkanes of at least 4 members (excludes halogenated alkanes) is 3. The molecule has 0 aliphatic rings. The summed E-state index contributed by atoms with van der Waals surface area (Å²) >= 11 is 0. The van der Waals surface area contributed by atoms with Gasteiger partial charge < -0.3 is 0 Å². The summed E-state index contributed by atoms with van der Waals surface area (Å²) in [5.41, 5.74) is 5.77. The average molecular weight is 441 g/mol. The van der Waals surface area contributed by atoms with E-state index in [9.17, 15) is 4.39 Å². The molecule has 0 saturated heterocycles. The molecule has 3 heteroatoms. The molecule has 0 aliphatic heterocycles. The Hall–Kier alpha value is -3.33. The summed E-state index contributed by atoms with van der Waals surface area (Å²) in [5.74, 6) is -0.255. The lowest BCUT2D eigenvalue weighted by Gasteiger charge is -2.06. The number of halogens is 1. The van der Waals surface area contributed by atoms with Crippen LogP contribution in [0.5, 0.6) is 0 Å². The van der Waals surface area contributed by atoms with E-state index in [0.29, 0.717) is 11.1 Å². The molecule has 0 radical (unpaired) electrons. The summed E-state index contributed by atoms with van der Waals surface area (Å²) in [6.45, 7) is 5.98. The summed E-state index contributed by atoms with van der Waals surface area (Å²) in [5, 5.41) is 8.30. The van der Waals surface area contributed by atoms with Crippen molar-refractivity contribution in [2.45, 2.75) is 51.9 Å². The van der Waals surface area contributed by atoms with Crippen LogP contribution in [-0.2, 0) is 12.8 Å². The predicted molar refractivity (Wildman–Crippen MR) is 140 cm³/mol. The van der Waals surface area contributed by atoms with E-state index in [1.165, 1.54) is 36.5 Å². The third-order valence-corrected chi connectivity index (χ3v) is 5.71. The summed E-state index contributed by atoms with van der Waals surface area (Å²) in [4.78, 5) is 0. The van der Waals surface area contributed by atoms with Gasteiger partial charge in [-0.25, -0.2) is 4.39 Å². The summed E-state index contributed by atoms with van der Waals surface area (Å²) in [7, 11) is 0. The van der Waals surface area contributed by atoms with Gasteiger partial charge in [-0.15, -0.1) is 6.58 Å². The van der Waals surface area contributed by atoms with Crippen LogP contribution in [0.4, 0.5) is 4.39 Å². The number of nitrogens with zero attached hydrogens (tertiary/aromatic N) is 2. The fraction of sp³-hybridized carbons (Fsp3) is 0.267. The Morgan fingerprint density at radius 1 is 0.848 bits per heavy atom. The molecular weight excluding hydrogens is 407 g/mol. The normalized spacial score (nSPS) is 11.5. The highest BCUT2D eigenvalue weighted by Gasteiger charge is 2.06. The van der Waals surface area contributed by atoms with E-state index in [-0.39, 0.29) is 5.82 Å². The zero-order valence-electron chi connectivity index (χ0n) is 19.5. The first-order valence-electron chi connectivity index (χ1n) is 11.9. The first-order chi connectivity index (χ1) is 16.2. The molecule has 0 atom stereocenters. The molecule has 0 aromatic heterocycles. The molecule has 0 bridgehead atoms. The van der Waals surface area contributed by atoms with Gasteiger partial charge in [-0.1, -0.05) is 86.5 Å². The van der Waals surface area contributed by atoms with Gasteiger partial charge in [0, 0.05) is 5.56 Å². The molecule has 0 fully saturated rings. The van der Waals surface area contributed by atoms with E-state index in [2.05, 4.69) is 41.9 Å². The van der Waals surface area contributed by atoms with Crippen LogP contribution < -0.4 is 0 Å². The number of benzene rings is 3. The molecule has 3 aromatic rings. The molecule has 0 heterocycles. The van der Waals surface area contributed by atoms with Gasteiger partial charge in [0.2, 0.25) is 0 Å². The third-order valence-electron chi connectivity index (χ3n) is 5.71. The van der Waals surface area contributed by atoms with E-state index in [0.717, 1.165) is 36.8 Å². The highest BCUT2D eigenvalue weighted by atomic mass is 19.1. The molecule has 3 aromatic carbocycles. The molecular formula is C30H33FN2. The van der Waals surface area contributed by atoms with Crippen molar-refractivity contribution >= 4 is 12.4 Å². The minimum absolute atomic E-state index is 0.255. The van der Waals surface area contributed by atoms with E-state index >= 15 is 0 Å². The second-order valence-corrected chi connectivity index (χ2v) is 8.26. The highest BCUT2D eigenvalue weighted by molar-refractivity contribution is 5.84. The van der Waals surface area contributed by atoms with Crippen molar-refractivity contribution in [3.63, 3.8) is 0 Å². The Labute approximate surface area is 197 Å². The largest absolute Gasteiger partial charge is 0.206 e. The lowest BCUT2D eigenvalue weighted by atomic mass is 10.00. The van der Waals surface area contributed by atoms with Crippen molar-refractivity contribution < 1.29 is 4.39 Å². The van der Waals surface area contributed by atoms with Gasteiger partial charge in [0.25, 0.3) is 0 Å². The summed E-state index contributed by atoms with van der Waals surface area (Å²) in [6, 6.07) is 21.6. The fourth-order valence-electron chi connectivity index (χ4n) is 3.80. The molecule has 170 valence electrons. The SMILES string of the molecule is C=CCCCc1ccccc1C=NN=Cc1ccc(-c2ccc(CCCCC)cc2)c(F)c1. The first-order valence-corrected chi connectivity index (χ1v) is 11.9. The zero-order valence-corrected chi connectivity index (χ0v) is 19.5. The molecule has 0 spiro atoms. The van der Waals surface area contributed by atoms with Gasteiger partial charge >= 0.3 is 0 Å². The lowest BCUT2D eigenvalue weighted by molar-refractivity contribution is 0.631. The molecule has 0 N–H and O–H groups in total. The van der Waals surface area contributed by atoms with Gasteiger partial charge in [0.1, 0.15) is 5.82 Å². The predicted octanol–water partition coefficient (Wildman–Crippen LogP) is 8.19. The zero-order chi connectivity index (χ0) is 23.3. The Morgan fingerprint density at radius 3 is 2.39 bits per heavy atom. The van der Waals surface area contributed by atoms with Crippen molar-refractivity contribution in [1.82, 2.24) is 0 Å². The van der Waals surface area contributed by atoms with Crippen LogP contribution in [0.1, 0.15) is 61.3 Å². The van der Waals surface area contributed by atoms with Crippen LogP contribution in [0.3, 0.4) is 0 Å². The summed E-state index contributed by atoms with van der Waals surface area (Å²) < 4.78 is 14.8. The second-order valence-electron chi connectivity index (χ2n) is 8.26.